The van der Waals surface area contributed by atoms with Gasteiger partial charge in [-0.1, -0.05) is 18.2 Å². The molecular weight excluding hydrogens is 256 g/mol. The van der Waals surface area contributed by atoms with Gasteiger partial charge < -0.3 is 4.42 Å². The maximum Gasteiger partial charge on any atom is 0.228 e. The minimum absolute atomic E-state index is 0.0953. The molecule has 0 aliphatic heterocycles. The van der Waals surface area contributed by atoms with Gasteiger partial charge in [-0.2, -0.15) is 0 Å². The number of fused-ring (bicyclic) bond motifs is 1. The standard InChI is InChI=1S/C16H12O2S/c1-10-13-4-2-3-5-14(13)18-16(10)15(17)11-6-8-12(19)9-7-11/h2-9,19H,1H3. The number of hydrogen-bond donors (Lipinski definition) is 1. The van der Waals surface area contributed by atoms with Gasteiger partial charge in [0, 0.05) is 21.4 Å². The first-order valence-electron chi connectivity index (χ1n) is 5.98. The van der Waals surface area contributed by atoms with Gasteiger partial charge in [-0.25, -0.2) is 0 Å². The summed E-state index contributed by atoms with van der Waals surface area (Å²) in [5.41, 5.74) is 2.24. The van der Waals surface area contributed by atoms with Crippen molar-refractivity contribution in [2.75, 3.05) is 0 Å². The van der Waals surface area contributed by atoms with Crippen molar-refractivity contribution >= 4 is 29.4 Å². The van der Waals surface area contributed by atoms with Crippen molar-refractivity contribution in [1.82, 2.24) is 0 Å². The first kappa shape index (κ1) is 12.1. The summed E-state index contributed by atoms with van der Waals surface area (Å²) in [6.07, 6.45) is 0. The van der Waals surface area contributed by atoms with Crippen molar-refractivity contribution in [3.8, 4) is 0 Å². The number of carbonyl (C=O) groups excluding carboxylic acids is 1. The number of benzene rings is 2. The quantitative estimate of drug-likeness (QED) is 0.556. The highest BCUT2D eigenvalue weighted by Gasteiger charge is 2.18. The molecular formula is C16H12O2S. The predicted octanol–water partition coefficient (Wildman–Crippen LogP) is 4.26. The lowest BCUT2D eigenvalue weighted by molar-refractivity contribution is 0.101. The molecule has 3 rings (SSSR count). The van der Waals surface area contributed by atoms with E-state index in [1.165, 1.54) is 0 Å². The van der Waals surface area contributed by atoms with Crippen molar-refractivity contribution in [3.05, 3.63) is 65.4 Å². The lowest BCUT2D eigenvalue weighted by atomic mass is 10.1. The smallest absolute Gasteiger partial charge is 0.228 e. The summed E-state index contributed by atoms with van der Waals surface area (Å²) in [4.78, 5) is 13.3. The van der Waals surface area contributed by atoms with Gasteiger partial charge in [0.25, 0.3) is 0 Å². The van der Waals surface area contributed by atoms with Crippen molar-refractivity contribution in [2.24, 2.45) is 0 Å². The molecule has 0 radical (unpaired) electrons. The van der Waals surface area contributed by atoms with Crippen molar-refractivity contribution in [1.29, 1.82) is 0 Å². The van der Waals surface area contributed by atoms with Crippen LogP contribution in [-0.4, -0.2) is 5.78 Å². The van der Waals surface area contributed by atoms with Gasteiger partial charge in [-0.3, -0.25) is 4.79 Å². The van der Waals surface area contributed by atoms with Crippen molar-refractivity contribution < 1.29 is 9.21 Å². The molecule has 0 atom stereocenters. The molecule has 3 heteroatoms. The summed E-state index contributed by atoms with van der Waals surface area (Å²) in [6.45, 7) is 1.91. The Morgan fingerprint density at radius 2 is 1.74 bits per heavy atom. The monoisotopic (exact) mass is 268 g/mol. The third-order valence-electron chi connectivity index (χ3n) is 3.18. The summed E-state index contributed by atoms with van der Waals surface area (Å²) in [6, 6.07) is 14.8. The lowest BCUT2D eigenvalue weighted by Gasteiger charge is -1.99. The highest BCUT2D eigenvalue weighted by Crippen LogP contribution is 2.26. The van der Waals surface area contributed by atoms with Crippen LogP contribution in [0.2, 0.25) is 0 Å². The van der Waals surface area contributed by atoms with Crippen LogP contribution in [0.15, 0.2) is 57.8 Å². The maximum atomic E-state index is 12.4. The molecule has 94 valence electrons. The summed E-state index contributed by atoms with van der Waals surface area (Å²) in [7, 11) is 0. The Hall–Kier alpha value is -2.00. The van der Waals surface area contributed by atoms with Crippen LogP contribution in [-0.2, 0) is 0 Å². The van der Waals surface area contributed by atoms with Gasteiger partial charge in [0.1, 0.15) is 5.58 Å². The Kier molecular flexibility index (Phi) is 2.91. The van der Waals surface area contributed by atoms with E-state index >= 15 is 0 Å². The van der Waals surface area contributed by atoms with Gasteiger partial charge >= 0.3 is 0 Å². The maximum absolute atomic E-state index is 12.4. The van der Waals surface area contributed by atoms with E-state index < -0.39 is 0 Å². The Morgan fingerprint density at radius 3 is 2.42 bits per heavy atom. The van der Waals surface area contributed by atoms with E-state index in [4.69, 9.17) is 4.42 Å². The van der Waals surface area contributed by atoms with Crippen molar-refractivity contribution in [2.45, 2.75) is 11.8 Å². The number of hydrogen-bond acceptors (Lipinski definition) is 3. The van der Waals surface area contributed by atoms with Crippen LogP contribution in [0.1, 0.15) is 21.7 Å². The van der Waals surface area contributed by atoms with E-state index in [9.17, 15) is 4.79 Å². The van der Waals surface area contributed by atoms with Gasteiger partial charge in [0.2, 0.25) is 5.78 Å². The molecule has 2 aromatic carbocycles. The Balaban J connectivity index is 2.11. The number of aryl methyl sites for hydroxylation is 1. The molecule has 0 unspecified atom stereocenters. The van der Waals surface area contributed by atoms with Crippen LogP contribution < -0.4 is 0 Å². The number of furan rings is 1. The molecule has 0 aliphatic carbocycles. The Morgan fingerprint density at radius 1 is 1.05 bits per heavy atom. The zero-order valence-electron chi connectivity index (χ0n) is 10.4. The van der Waals surface area contributed by atoms with E-state index in [-0.39, 0.29) is 5.78 Å². The average Bonchev–Trinajstić information content (AvgIpc) is 2.77. The second kappa shape index (κ2) is 4.59. The topological polar surface area (TPSA) is 30.2 Å². The van der Waals surface area contributed by atoms with E-state index in [2.05, 4.69) is 12.6 Å². The summed E-state index contributed by atoms with van der Waals surface area (Å²) in [5.74, 6) is 0.315. The number of ketones is 1. The zero-order chi connectivity index (χ0) is 13.4. The molecule has 3 aromatic rings. The van der Waals surface area contributed by atoms with Crippen LogP contribution in [0, 0.1) is 6.92 Å². The Labute approximate surface area is 116 Å². The molecule has 0 amide bonds. The molecule has 0 saturated heterocycles. The number of para-hydroxylation sites is 1. The van der Waals surface area contributed by atoms with E-state index in [0.29, 0.717) is 11.3 Å². The molecule has 0 aliphatic rings. The van der Waals surface area contributed by atoms with Crippen LogP contribution in [0.3, 0.4) is 0 Å². The predicted molar refractivity (Wildman–Crippen MR) is 78.1 cm³/mol. The SMILES string of the molecule is Cc1c(C(=O)c2ccc(S)cc2)oc2ccccc12. The molecule has 0 fully saturated rings. The fraction of sp³-hybridized carbons (Fsp3) is 0.0625. The molecule has 1 aromatic heterocycles. The largest absolute Gasteiger partial charge is 0.452 e. The Bertz CT molecular complexity index is 754. The van der Waals surface area contributed by atoms with Crippen LogP contribution in [0.25, 0.3) is 11.0 Å². The second-order valence-corrected chi connectivity index (χ2v) is 4.94. The molecule has 0 saturated carbocycles. The first-order valence-corrected chi connectivity index (χ1v) is 6.43. The minimum Gasteiger partial charge on any atom is -0.452 e. The van der Waals surface area contributed by atoms with Crippen LogP contribution in [0.5, 0.6) is 0 Å². The van der Waals surface area contributed by atoms with Crippen LogP contribution in [0.4, 0.5) is 0 Å². The molecule has 0 spiro atoms. The van der Waals surface area contributed by atoms with E-state index in [0.717, 1.165) is 21.4 Å². The number of rotatable bonds is 2. The molecule has 1 heterocycles. The fourth-order valence-electron chi connectivity index (χ4n) is 2.13. The van der Waals surface area contributed by atoms with Gasteiger partial charge in [0.05, 0.1) is 0 Å². The average molecular weight is 268 g/mol. The molecule has 0 N–H and O–H groups in total. The molecule has 0 bridgehead atoms. The summed E-state index contributed by atoms with van der Waals surface area (Å²) < 4.78 is 5.68. The van der Waals surface area contributed by atoms with E-state index in [1.54, 1.807) is 24.3 Å². The zero-order valence-corrected chi connectivity index (χ0v) is 11.3. The summed E-state index contributed by atoms with van der Waals surface area (Å²) >= 11 is 4.21. The second-order valence-electron chi connectivity index (χ2n) is 4.43. The third-order valence-corrected chi connectivity index (χ3v) is 3.48. The minimum atomic E-state index is -0.0953. The highest BCUT2D eigenvalue weighted by atomic mass is 32.1. The highest BCUT2D eigenvalue weighted by molar-refractivity contribution is 7.80. The molecule has 19 heavy (non-hydrogen) atoms. The van der Waals surface area contributed by atoms with Crippen molar-refractivity contribution in [3.63, 3.8) is 0 Å². The lowest BCUT2D eigenvalue weighted by Crippen LogP contribution is -2.01. The fourth-order valence-corrected chi connectivity index (χ4v) is 2.28. The third kappa shape index (κ3) is 2.06. The van der Waals surface area contributed by atoms with Gasteiger partial charge in [-0.05, 0) is 37.3 Å². The van der Waals surface area contributed by atoms with Crippen LogP contribution >= 0.6 is 12.6 Å². The van der Waals surface area contributed by atoms with Gasteiger partial charge in [0.15, 0.2) is 5.76 Å². The van der Waals surface area contributed by atoms with E-state index in [1.807, 2.05) is 31.2 Å². The summed E-state index contributed by atoms with van der Waals surface area (Å²) in [5, 5.41) is 0.983. The normalized spacial score (nSPS) is 10.8. The van der Waals surface area contributed by atoms with Gasteiger partial charge in [-0.15, -0.1) is 12.6 Å². The number of carbonyl (C=O) groups is 1. The number of thiol groups is 1. The first-order chi connectivity index (χ1) is 9.16. The molecule has 2 nitrogen and oxygen atoms in total.